The van der Waals surface area contributed by atoms with Gasteiger partial charge in [-0.05, 0) is 67.0 Å². The molecule has 3 aromatic carbocycles. The summed E-state index contributed by atoms with van der Waals surface area (Å²) in [6.07, 6.45) is 14.4. The Morgan fingerprint density at radius 1 is 0.771 bits per heavy atom. The zero-order chi connectivity index (χ0) is 24.0. The summed E-state index contributed by atoms with van der Waals surface area (Å²) in [5, 5.41) is 7.07. The minimum atomic E-state index is -0.668. The minimum Gasteiger partial charge on any atom is -0.270 e. The maximum Gasteiger partial charge on any atom is 0.0438 e. The first-order valence-corrected chi connectivity index (χ1v) is 14.7. The fourth-order valence-corrected chi connectivity index (χ4v) is 9.65. The van der Waals surface area contributed by atoms with Gasteiger partial charge in [0.05, 0.1) is 0 Å². The molecule has 5 rings (SSSR count). The Balaban J connectivity index is 1.50. The van der Waals surface area contributed by atoms with E-state index in [9.17, 15) is 0 Å². The van der Waals surface area contributed by atoms with Gasteiger partial charge < -0.3 is 0 Å². The van der Waals surface area contributed by atoms with Crippen LogP contribution in [-0.4, -0.2) is 17.8 Å². The lowest BCUT2D eigenvalue weighted by Crippen LogP contribution is -2.33. The summed E-state index contributed by atoms with van der Waals surface area (Å²) >= 11 is 0. The molecule has 1 nitrogen and oxygen atoms in total. The maximum absolute atomic E-state index is 3.66. The largest absolute Gasteiger partial charge is 0.270 e. The third-order valence-corrected chi connectivity index (χ3v) is 11.6. The number of rotatable bonds is 8. The van der Waals surface area contributed by atoms with Crippen LogP contribution in [0.3, 0.4) is 0 Å². The Labute approximate surface area is 212 Å². The molecule has 0 saturated carbocycles. The van der Waals surface area contributed by atoms with E-state index in [0.29, 0.717) is 0 Å². The fourth-order valence-electron chi connectivity index (χ4n) is 4.62. The van der Waals surface area contributed by atoms with E-state index < -0.39 is 16.0 Å². The van der Waals surface area contributed by atoms with Crippen molar-refractivity contribution in [2.24, 2.45) is 0 Å². The van der Waals surface area contributed by atoms with E-state index >= 15 is 0 Å². The zero-order valence-corrected chi connectivity index (χ0v) is 22.0. The summed E-state index contributed by atoms with van der Waals surface area (Å²) in [6, 6.07) is 33.1. The quantitative estimate of drug-likeness (QED) is 0.239. The van der Waals surface area contributed by atoms with E-state index in [1.165, 1.54) is 32.1 Å². The van der Waals surface area contributed by atoms with Crippen molar-refractivity contribution in [2.75, 3.05) is 7.05 Å². The Morgan fingerprint density at radius 2 is 1.34 bits per heavy atom. The molecule has 0 fully saturated rings. The third-order valence-electron chi connectivity index (χ3n) is 6.46. The maximum atomic E-state index is 3.66. The molecule has 35 heavy (non-hydrogen) atoms. The minimum absolute atomic E-state index is 0.226. The Bertz CT molecular complexity index is 1260. The van der Waals surface area contributed by atoms with E-state index in [2.05, 4.69) is 152 Å². The average molecular weight is 491 g/mol. The van der Waals surface area contributed by atoms with Crippen molar-refractivity contribution in [2.45, 2.75) is 19.4 Å². The summed E-state index contributed by atoms with van der Waals surface area (Å²) in [4.78, 5) is 0. The highest BCUT2D eigenvalue weighted by Crippen LogP contribution is 2.58. The van der Waals surface area contributed by atoms with E-state index in [1.807, 2.05) is 0 Å². The molecule has 0 amide bonds. The van der Waals surface area contributed by atoms with Crippen LogP contribution in [0.5, 0.6) is 0 Å². The molecule has 0 bridgehead atoms. The van der Waals surface area contributed by atoms with Crippen LogP contribution in [0.2, 0.25) is 0 Å². The third kappa shape index (κ3) is 5.26. The molecular weight excluding hydrogens is 460 g/mol. The second-order valence-electron chi connectivity index (χ2n) is 8.66. The summed E-state index contributed by atoms with van der Waals surface area (Å²) in [5.74, 6) is 0. The van der Waals surface area contributed by atoms with Crippen LogP contribution in [-0.2, 0) is 0 Å². The van der Waals surface area contributed by atoms with Gasteiger partial charge in [-0.2, -0.15) is 0 Å². The zero-order valence-electron chi connectivity index (χ0n) is 20.3. The summed E-state index contributed by atoms with van der Waals surface area (Å²) in [7, 11) is 1.00. The molecule has 0 N–H and O–H groups in total. The van der Waals surface area contributed by atoms with Gasteiger partial charge in [-0.25, -0.2) is 0 Å². The molecular formula is C32H30NP2. The Morgan fingerprint density at radius 3 is 1.89 bits per heavy atom. The van der Waals surface area contributed by atoms with Crippen LogP contribution in [0.4, 0.5) is 0 Å². The molecule has 1 radical (unpaired) electrons. The van der Waals surface area contributed by atoms with Gasteiger partial charge in [0.15, 0.2) is 0 Å². The van der Waals surface area contributed by atoms with Crippen molar-refractivity contribution in [3.63, 3.8) is 0 Å². The topological polar surface area (TPSA) is 3.24 Å². The summed E-state index contributed by atoms with van der Waals surface area (Å²) in [6.45, 7) is 2.34. The van der Waals surface area contributed by atoms with Gasteiger partial charge in [0.25, 0.3) is 0 Å². The second-order valence-corrected chi connectivity index (χ2v) is 13.2. The Kier molecular flexibility index (Phi) is 7.73. The van der Waals surface area contributed by atoms with E-state index in [0.717, 1.165) is 6.42 Å². The first kappa shape index (κ1) is 23.9. The molecule has 3 heteroatoms. The van der Waals surface area contributed by atoms with Crippen LogP contribution in [0.15, 0.2) is 143 Å². The van der Waals surface area contributed by atoms with E-state index in [1.54, 1.807) is 0 Å². The van der Waals surface area contributed by atoms with Crippen molar-refractivity contribution in [1.29, 1.82) is 0 Å². The number of hydrogen-bond acceptors (Lipinski definition) is 1. The highest BCUT2D eigenvalue weighted by molar-refractivity contribution is 7.74. The fraction of sp³-hybridized carbons (Fsp3) is 0.125. The molecule has 0 aromatic heterocycles. The lowest BCUT2D eigenvalue weighted by molar-refractivity contribution is 0.485. The smallest absolute Gasteiger partial charge is 0.0438 e. The highest BCUT2D eigenvalue weighted by atomic mass is 31.1. The molecule has 2 atom stereocenters. The van der Waals surface area contributed by atoms with Crippen molar-refractivity contribution >= 4 is 31.9 Å². The predicted molar refractivity (Wildman–Crippen MR) is 155 cm³/mol. The molecule has 3 aromatic rings. The monoisotopic (exact) mass is 490 g/mol. The van der Waals surface area contributed by atoms with Crippen LogP contribution in [0, 0.1) is 6.42 Å². The predicted octanol–water partition coefficient (Wildman–Crippen LogP) is 7.19. The lowest BCUT2D eigenvalue weighted by atomic mass is 10.1. The molecule has 173 valence electrons. The highest BCUT2D eigenvalue weighted by Gasteiger charge is 2.32. The van der Waals surface area contributed by atoms with Gasteiger partial charge in [0.1, 0.15) is 0 Å². The lowest BCUT2D eigenvalue weighted by Gasteiger charge is -2.36. The standard InChI is InChI=1S/C32H30NP2/c1-26(33(2)35(29-20-11-5-12-21-29)30-22-13-6-14-23-30)31-24-15-25-32(31)34(27-16-7-3-8-17-27)28-18-9-4-10-19-28/h3-18,20-23,25-26H,19H2,1-2H3/t26-,34?/m1/s1. The molecule has 2 aliphatic carbocycles. The number of nitrogens with zero attached hydrogens (tertiary/aromatic N) is 1. The van der Waals surface area contributed by atoms with Crippen LogP contribution in [0.1, 0.15) is 13.3 Å². The van der Waals surface area contributed by atoms with Crippen molar-refractivity contribution in [1.82, 2.24) is 4.67 Å². The number of likely N-dealkylation sites (N-methyl/N-ethyl adjacent to an activating group) is 1. The van der Waals surface area contributed by atoms with Gasteiger partial charge >= 0.3 is 0 Å². The number of allylic oxidation sites excluding steroid dienone is 5. The van der Waals surface area contributed by atoms with Crippen molar-refractivity contribution < 1.29 is 0 Å². The van der Waals surface area contributed by atoms with Crippen molar-refractivity contribution in [3.05, 3.63) is 150 Å². The molecule has 1 unspecified atom stereocenters. The first-order valence-electron chi connectivity index (χ1n) is 12.1. The SMILES string of the molecule is C[C@H](C1=C=CC=C1P(C1=C[CH]C=CC1)c1ccccc1)N(C)P(c1ccccc1)c1ccccc1. The van der Waals surface area contributed by atoms with Crippen molar-refractivity contribution in [3.8, 4) is 0 Å². The molecule has 0 heterocycles. The molecule has 0 spiro atoms. The van der Waals surface area contributed by atoms with E-state index in [-0.39, 0.29) is 6.04 Å². The average Bonchev–Trinajstić information content (AvgIpc) is 3.40. The normalized spacial score (nSPS) is 16.7. The Hall–Kier alpha value is -2.78. The van der Waals surface area contributed by atoms with Crippen LogP contribution >= 0.6 is 16.0 Å². The molecule has 2 aliphatic rings. The van der Waals surface area contributed by atoms with Crippen LogP contribution in [0.25, 0.3) is 0 Å². The summed E-state index contributed by atoms with van der Waals surface area (Å²) in [5.41, 5.74) is 4.98. The number of hydrogen-bond donors (Lipinski definition) is 0. The number of benzene rings is 3. The van der Waals surface area contributed by atoms with Gasteiger partial charge in [-0.1, -0.05) is 109 Å². The summed E-state index contributed by atoms with van der Waals surface area (Å²) < 4.78 is 2.56. The first-order chi connectivity index (χ1) is 17.2. The van der Waals surface area contributed by atoms with Gasteiger partial charge in [-0.15, -0.1) is 5.73 Å². The second kappa shape index (κ2) is 11.3. The van der Waals surface area contributed by atoms with Crippen LogP contribution < -0.4 is 15.9 Å². The van der Waals surface area contributed by atoms with Gasteiger partial charge in [0, 0.05) is 26.1 Å². The molecule has 0 aliphatic heterocycles. The van der Waals surface area contributed by atoms with Gasteiger partial charge in [0.2, 0.25) is 0 Å². The van der Waals surface area contributed by atoms with E-state index in [4.69, 9.17) is 0 Å². The molecule has 0 saturated heterocycles. The van der Waals surface area contributed by atoms with Gasteiger partial charge in [-0.3, -0.25) is 4.67 Å².